The van der Waals surface area contributed by atoms with Gasteiger partial charge in [0.05, 0.1) is 24.0 Å². The number of nitrogens with one attached hydrogen (secondary N) is 1. The Labute approximate surface area is 187 Å². The number of piperidine rings is 1. The minimum Gasteiger partial charge on any atom is -0.365 e. The summed E-state index contributed by atoms with van der Waals surface area (Å²) in [4.78, 5) is 25.3. The van der Waals surface area contributed by atoms with E-state index in [4.69, 9.17) is 0 Å². The van der Waals surface area contributed by atoms with E-state index in [1.807, 2.05) is 18.7 Å². The second-order valence-corrected chi connectivity index (χ2v) is 8.57. The zero-order chi connectivity index (χ0) is 23.3. The summed E-state index contributed by atoms with van der Waals surface area (Å²) in [6, 6.07) is 5.69. The predicted octanol–water partition coefficient (Wildman–Crippen LogP) is 3.49. The van der Waals surface area contributed by atoms with Gasteiger partial charge in [-0.2, -0.15) is 23.4 Å². The summed E-state index contributed by atoms with van der Waals surface area (Å²) in [6.45, 7) is 3.84. The fourth-order valence-electron chi connectivity index (χ4n) is 4.94. The van der Waals surface area contributed by atoms with Crippen LogP contribution >= 0.6 is 0 Å². The summed E-state index contributed by atoms with van der Waals surface area (Å²) >= 11 is 0. The lowest BCUT2D eigenvalue weighted by molar-refractivity contribution is -0.137. The van der Waals surface area contributed by atoms with Crippen molar-refractivity contribution >= 4 is 11.7 Å². The molecule has 1 saturated heterocycles. The molecule has 1 aliphatic carbocycles. The first-order valence-electron chi connectivity index (χ1n) is 10.7. The number of anilines is 1. The molecule has 11 heteroatoms. The Morgan fingerprint density at radius 3 is 2.52 bits per heavy atom. The lowest BCUT2D eigenvalue weighted by Gasteiger charge is -2.38. The third kappa shape index (κ3) is 3.81. The maximum atomic E-state index is 13.7. The van der Waals surface area contributed by atoms with Crippen molar-refractivity contribution in [1.82, 2.24) is 29.9 Å². The lowest BCUT2D eigenvalue weighted by atomic mass is 9.97. The minimum atomic E-state index is -4.43. The molecular formula is C22H22F3N7O. The molecule has 1 aliphatic heterocycles. The highest BCUT2D eigenvalue weighted by Gasteiger charge is 2.52. The Bertz CT molecular complexity index is 1160. The number of fused-ring (bicyclic) bond motifs is 2. The van der Waals surface area contributed by atoms with Crippen LogP contribution in [0.4, 0.5) is 19.0 Å². The molecule has 0 unspecified atom stereocenters. The van der Waals surface area contributed by atoms with Gasteiger partial charge in [0.25, 0.3) is 5.91 Å². The number of nitrogens with zero attached hydrogens (tertiary/aromatic N) is 6. The second-order valence-electron chi connectivity index (χ2n) is 8.57. The van der Waals surface area contributed by atoms with Crippen molar-refractivity contribution < 1.29 is 18.0 Å². The van der Waals surface area contributed by atoms with Gasteiger partial charge in [0.15, 0.2) is 5.69 Å². The molecule has 2 fully saturated rings. The molecule has 1 saturated carbocycles. The van der Waals surface area contributed by atoms with E-state index in [1.54, 1.807) is 12.1 Å². The number of rotatable bonds is 4. The van der Waals surface area contributed by atoms with E-state index in [9.17, 15) is 18.0 Å². The van der Waals surface area contributed by atoms with Crippen molar-refractivity contribution in [3.63, 3.8) is 0 Å². The lowest BCUT2D eigenvalue weighted by Crippen LogP contribution is -2.52. The van der Waals surface area contributed by atoms with E-state index in [2.05, 4.69) is 25.5 Å². The quantitative estimate of drug-likeness (QED) is 0.645. The highest BCUT2D eigenvalue weighted by Crippen LogP contribution is 2.44. The Morgan fingerprint density at radius 1 is 1.12 bits per heavy atom. The standard InChI is InChI=1S/C22H22F3N7O/c1-12-3-5-17(32-27-7-8-28-32)20(29-12)21(33)31-13(2)14-9-16(18(31)10-14)30-19-6-4-15(11-26-19)22(23,24)25/h3-8,11,13-14,16,18H,9-10H2,1-2H3,(H,26,30)/t13-,14+,16-,18+/m1/s1. The molecule has 3 aromatic rings. The van der Waals surface area contributed by atoms with E-state index < -0.39 is 11.7 Å². The molecule has 0 radical (unpaired) electrons. The largest absolute Gasteiger partial charge is 0.417 e. The molecule has 1 amide bonds. The number of hydrogen-bond donors (Lipinski definition) is 1. The van der Waals surface area contributed by atoms with Crippen molar-refractivity contribution in [2.75, 3.05) is 5.32 Å². The van der Waals surface area contributed by atoms with Gasteiger partial charge in [-0.25, -0.2) is 9.97 Å². The number of halogens is 3. The smallest absolute Gasteiger partial charge is 0.365 e. The van der Waals surface area contributed by atoms with Gasteiger partial charge >= 0.3 is 6.18 Å². The fraction of sp³-hybridized carbons (Fsp3) is 0.409. The predicted molar refractivity (Wildman–Crippen MR) is 113 cm³/mol. The van der Waals surface area contributed by atoms with Gasteiger partial charge in [0.2, 0.25) is 0 Å². The number of carbonyl (C=O) groups is 1. The number of aromatic nitrogens is 5. The molecule has 33 heavy (non-hydrogen) atoms. The van der Waals surface area contributed by atoms with Crippen molar-refractivity contribution in [3.8, 4) is 5.69 Å². The molecule has 3 aromatic heterocycles. The molecule has 1 N–H and O–H groups in total. The first-order valence-corrected chi connectivity index (χ1v) is 10.7. The molecule has 5 rings (SSSR count). The zero-order valence-electron chi connectivity index (χ0n) is 18.0. The van der Waals surface area contributed by atoms with E-state index in [1.165, 1.54) is 23.3 Å². The van der Waals surface area contributed by atoms with Crippen LogP contribution in [0, 0.1) is 12.8 Å². The Morgan fingerprint density at radius 2 is 1.88 bits per heavy atom. The van der Waals surface area contributed by atoms with E-state index in [0.29, 0.717) is 17.2 Å². The summed E-state index contributed by atoms with van der Waals surface area (Å²) in [5.74, 6) is 0.426. The Balaban J connectivity index is 1.40. The van der Waals surface area contributed by atoms with Crippen LogP contribution in [0.2, 0.25) is 0 Å². The number of hydrogen-bond acceptors (Lipinski definition) is 6. The van der Waals surface area contributed by atoms with E-state index in [-0.39, 0.29) is 35.6 Å². The van der Waals surface area contributed by atoms with Crippen molar-refractivity contribution in [3.05, 3.63) is 59.8 Å². The number of aryl methyl sites for hydroxylation is 1. The number of carbonyl (C=O) groups excluding carboxylic acids is 1. The normalized spacial score (nSPS) is 24.3. The van der Waals surface area contributed by atoms with Crippen LogP contribution in [-0.2, 0) is 6.18 Å². The third-order valence-corrected chi connectivity index (χ3v) is 6.55. The summed E-state index contributed by atoms with van der Waals surface area (Å²) in [7, 11) is 0. The summed E-state index contributed by atoms with van der Waals surface area (Å²) in [5.41, 5.74) is 0.683. The zero-order valence-corrected chi connectivity index (χ0v) is 18.0. The molecule has 0 aromatic carbocycles. The fourth-order valence-corrected chi connectivity index (χ4v) is 4.94. The van der Waals surface area contributed by atoms with Crippen molar-refractivity contribution in [1.29, 1.82) is 0 Å². The second kappa shape index (κ2) is 7.82. The summed E-state index contributed by atoms with van der Waals surface area (Å²) in [5, 5.41) is 11.5. The number of alkyl halides is 3. The minimum absolute atomic E-state index is 0.0156. The van der Waals surface area contributed by atoms with Crippen molar-refractivity contribution in [2.45, 2.75) is 51.0 Å². The maximum Gasteiger partial charge on any atom is 0.417 e. The Kier molecular flexibility index (Phi) is 5.06. The van der Waals surface area contributed by atoms with Crippen LogP contribution in [0.15, 0.2) is 42.9 Å². The summed E-state index contributed by atoms with van der Waals surface area (Å²) < 4.78 is 38.5. The van der Waals surface area contributed by atoms with Gasteiger partial charge in [0.1, 0.15) is 11.5 Å². The maximum absolute atomic E-state index is 13.7. The van der Waals surface area contributed by atoms with Gasteiger partial charge in [-0.15, -0.1) is 4.80 Å². The van der Waals surface area contributed by atoms with E-state index >= 15 is 0 Å². The van der Waals surface area contributed by atoms with Gasteiger partial charge in [-0.05, 0) is 56.9 Å². The number of likely N-dealkylation sites (tertiary alicyclic amines) is 1. The van der Waals surface area contributed by atoms with Gasteiger partial charge in [-0.3, -0.25) is 4.79 Å². The van der Waals surface area contributed by atoms with Crippen LogP contribution in [0.25, 0.3) is 5.69 Å². The highest BCUT2D eigenvalue weighted by atomic mass is 19.4. The van der Waals surface area contributed by atoms with Crippen LogP contribution < -0.4 is 5.32 Å². The van der Waals surface area contributed by atoms with E-state index in [0.717, 1.165) is 25.1 Å². The summed E-state index contributed by atoms with van der Waals surface area (Å²) in [6.07, 6.45) is 1.08. The molecular weight excluding hydrogens is 435 g/mol. The van der Waals surface area contributed by atoms with Gasteiger partial charge < -0.3 is 10.2 Å². The monoisotopic (exact) mass is 457 g/mol. The van der Waals surface area contributed by atoms with Crippen LogP contribution in [0.5, 0.6) is 0 Å². The van der Waals surface area contributed by atoms with Crippen LogP contribution in [0.3, 0.4) is 0 Å². The molecule has 4 atom stereocenters. The van der Waals surface area contributed by atoms with Gasteiger partial charge in [-0.1, -0.05) is 0 Å². The molecule has 2 bridgehead atoms. The SMILES string of the molecule is Cc1ccc(-n2nccn2)c(C(=O)N2[C@H](C)[C@H]3C[C@@H](Nc4ccc(C(F)(F)F)cn4)[C@@H]2C3)n1. The molecule has 8 nitrogen and oxygen atoms in total. The van der Waals surface area contributed by atoms with Gasteiger partial charge in [0, 0.05) is 24.0 Å². The van der Waals surface area contributed by atoms with Crippen molar-refractivity contribution in [2.24, 2.45) is 5.92 Å². The highest BCUT2D eigenvalue weighted by molar-refractivity contribution is 5.96. The van der Waals surface area contributed by atoms with Crippen LogP contribution in [0.1, 0.15) is 41.5 Å². The first kappa shape index (κ1) is 21.4. The molecule has 172 valence electrons. The molecule has 2 aliphatic rings. The average Bonchev–Trinajstić information content (AvgIpc) is 3.50. The average molecular weight is 457 g/mol. The number of amides is 1. The third-order valence-electron chi connectivity index (χ3n) is 6.55. The topological polar surface area (TPSA) is 88.8 Å². The number of pyridine rings is 2. The molecule has 4 heterocycles. The molecule has 0 spiro atoms. The van der Waals surface area contributed by atoms with Crippen LogP contribution in [-0.4, -0.2) is 53.9 Å². The first-order chi connectivity index (χ1) is 15.7. The Hall–Kier alpha value is -3.50.